The van der Waals surface area contributed by atoms with E-state index in [-0.39, 0.29) is 23.0 Å². The van der Waals surface area contributed by atoms with Crippen LogP contribution in [-0.4, -0.2) is 56.0 Å². The van der Waals surface area contributed by atoms with Crippen LogP contribution in [0, 0.1) is 6.92 Å². The molecule has 3 aromatic heterocycles. The molecule has 10 nitrogen and oxygen atoms in total. The molecule has 2 aliphatic rings. The lowest BCUT2D eigenvalue weighted by Crippen LogP contribution is -2.49. The minimum Gasteiger partial charge on any atom is -0.383 e. The molecule has 2 aliphatic heterocycles. The van der Waals surface area contributed by atoms with Crippen LogP contribution in [0.25, 0.3) is 22.2 Å². The molecule has 0 amide bonds. The lowest BCUT2D eigenvalue weighted by Gasteiger charge is -2.38. The summed E-state index contributed by atoms with van der Waals surface area (Å²) in [6.45, 7) is 1.95. The first kappa shape index (κ1) is 21.9. The van der Waals surface area contributed by atoms with E-state index in [1.165, 1.54) is 6.20 Å². The molecule has 0 spiro atoms. The molecule has 2 atom stereocenters. The number of fused-ring (bicyclic) bond motifs is 3. The van der Waals surface area contributed by atoms with Crippen LogP contribution in [0.15, 0.2) is 53.7 Å². The number of rotatable bonds is 5. The highest BCUT2D eigenvalue weighted by atomic mass is 32.2. The van der Waals surface area contributed by atoms with Crippen LogP contribution in [0.5, 0.6) is 0 Å². The van der Waals surface area contributed by atoms with Gasteiger partial charge in [-0.25, -0.2) is 13.4 Å². The van der Waals surface area contributed by atoms with Crippen molar-refractivity contribution in [2.75, 3.05) is 11.1 Å². The van der Waals surface area contributed by atoms with Crippen molar-refractivity contribution in [1.82, 2.24) is 29.5 Å². The zero-order chi connectivity index (χ0) is 24.2. The summed E-state index contributed by atoms with van der Waals surface area (Å²) in [5.74, 6) is 0.839. The Labute approximate surface area is 203 Å². The van der Waals surface area contributed by atoms with E-state index in [0.29, 0.717) is 24.6 Å². The minimum absolute atomic E-state index is 0.0573. The van der Waals surface area contributed by atoms with Crippen molar-refractivity contribution in [3.63, 3.8) is 0 Å². The fraction of sp³-hybridized carbons (Fsp3) is 0.333. The Hall–Kier alpha value is -3.57. The SMILES string of the molecule is Cc1cc(-c2cccc3nc(NC4CC5CCC(C4)N5S(=O)(=O)c4cccnc4)nc(N)c23)n[nH]1. The number of aromatic nitrogens is 5. The Morgan fingerprint density at radius 1 is 1.11 bits per heavy atom. The topological polar surface area (TPSA) is 143 Å². The summed E-state index contributed by atoms with van der Waals surface area (Å²) in [6.07, 6.45) is 6.06. The first-order valence-corrected chi connectivity index (χ1v) is 13.1. The van der Waals surface area contributed by atoms with E-state index >= 15 is 0 Å². The summed E-state index contributed by atoms with van der Waals surface area (Å²) in [5, 5.41) is 11.5. The fourth-order valence-corrected chi connectivity index (χ4v) is 7.35. The number of pyridine rings is 1. The van der Waals surface area contributed by atoms with E-state index < -0.39 is 10.0 Å². The molecule has 11 heteroatoms. The van der Waals surface area contributed by atoms with Gasteiger partial charge in [0.05, 0.1) is 16.6 Å². The Morgan fingerprint density at radius 2 is 1.91 bits per heavy atom. The quantitative estimate of drug-likeness (QED) is 0.387. The second-order valence-electron chi connectivity index (χ2n) is 9.29. The maximum atomic E-state index is 13.3. The van der Waals surface area contributed by atoms with Gasteiger partial charge in [0.1, 0.15) is 10.7 Å². The molecule has 2 unspecified atom stereocenters. The number of anilines is 2. The molecule has 6 rings (SSSR count). The number of piperidine rings is 1. The Morgan fingerprint density at radius 3 is 2.60 bits per heavy atom. The zero-order valence-corrected chi connectivity index (χ0v) is 20.0. The Bertz CT molecular complexity index is 1490. The number of hydrogen-bond donors (Lipinski definition) is 3. The van der Waals surface area contributed by atoms with Crippen molar-refractivity contribution < 1.29 is 8.42 Å². The van der Waals surface area contributed by atoms with Gasteiger partial charge >= 0.3 is 0 Å². The van der Waals surface area contributed by atoms with Crippen LogP contribution < -0.4 is 11.1 Å². The number of nitrogens with two attached hydrogens (primary N) is 1. The summed E-state index contributed by atoms with van der Waals surface area (Å²) in [6, 6.07) is 11.0. The van der Waals surface area contributed by atoms with Crippen molar-refractivity contribution in [2.45, 2.75) is 55.6 Å². The molecule has 0 saturated carbocycles. The molecule has 4 N–H and O–H groups in total. The number of sulfonamides is 1. The van der Waals surface area contributed by atoms with E-state index in [0.717, 1.165) is 40.7 Å². The van der Waals surface area contributed by atoms with Gasteiger partial charge in [-0.2, -0.15) is 14.4 Å². The first-order chi connectivity index (χ1) is 16.9. The second kappa shape index (κ2) is 8.28. The van der Waals surface area contributed by atoms with E-state index in [4.69, 9.17) is 10.7 Å². The van der Waals surface area contributed by atoms with Crippen LogP contribution >= 0.6 is 0 Å². The third-order valence-electron chi connectivity index (χ3n) is 6.94. The predicted octanol–water partition coefficient (Wildman–Crippen LogP) is 3.10. The van der Waals surface area contributed by atoms with Crippen LogP contribution in [0.2, 0.25) is 0 Å². The molecular weight excluding hydrogens is 464 g/mol. The molecule has 5 heterocycles. The number of benzene rings is 1. The second-order valence-corrected chi connectivity index (χ2v) is 11.1. The lowest BCUT2D eigenvalue weighted by atomic mass is 10.00. The predicted molar refractivity (Wildman–Crippen MR) is 133 cm³/mol. The van der Waals surface area contributed by atoms with Gasteiger partial charge < -0.3 is 11.1 Å². The number of nitrogens with zero attached hydrogens (tertiary/aromatic N) is 5. The number of H-pyrrole nitrogens is 1. The number of aryl methyl sites for hydroxylation is 1. The molecule has 0 radical (unpaired) electrons. The highest BCUT2D eigenvalue weighted by Crippen LogP contribution is 2.40. The van der Waals surface area contributed by atoms with Gasteiger partial charge in [-0.05, 0) is 56.9 Å². The van der Waals surface area contributed by atoms with Crippen LogP contribution in [0.3, 0.4) is 0 Å². The Balaban J connectivity index is 1.25. The number of nitrogen functional groups attached to an aromatic ring is 1. The molecule has 2 fully saturated rings. The summed E-state index contributed by atoms with van der Waals surface area (Å²) in [7, 11) is -3.58. The van der Waals surface area contributed by atoms with Gasteiger partial charge in [-0.15, -0.1) is 0 Å². The van der Waals surface area contributed by atoms with Crippen molar-refractivity contribution in [2.24, 2.45) is 0 Å². The molecule has 2 saturated heterocycles. The summed E-state index contributed by atoms with van der Waals surface area (Å²) >= 11 is 0. The number of aromatic amines is 1. The average molecular weight is 491 g/mol. The summed E-state index contributed by atoms with van der Waals surface area (Å²) < 4.78 is 28.2. The molecular formula is C24H26N8O2S. The minimum atomic E-state index is -3.58. The van der Waals surface area contributed by atoms with Crippen LogP contribution in [0.4, 0.5) is 11.8 Å². The third-order valence-corrected chi connectivity index (χ3v) is 8.93. The van der Waals surface area contributed by atoms with Gasteiger partial charge in [-0.3, -0.25) is 10.1 Å². The lowest BCUT2D eigenvalue weighted by molar-refractivity contribution is 0.234. The van der Waals surface area contributed by atoms with Gasteiger partial charge in [0.2, 0.25) is 16.0 Å². The number of hydrogen-bond acceptors (Lipinski definition) is 8. The Kier molecular flexibility index (Phi) is 5.19. The molecule has 2 bridgehead atoms. The van der Waals surface area contributed by atoms with Gasteiger partial charge in [-0.1, -0.05) is 12.1 Å². The summed E-state index contributed by atoms with van der Waals surface area (Å²) in [5.41, 5.74) is 9.76. The van der Waals surface area contributed by atoms with Crippen molar-refractivity contribution in [1.29, 1.82) is 0 Å². The van der Waals surface area contributed by atoms with Gasteiger partial charge in [0, 0.05) is 41.8 Å². The van der Waals surface area contributed by atoms with Crippen molar-refractivity contribution in [3.8, 4) is 11.3 Å². The maximum Gasteiger partial charge on any atom is 0.245 e. The standard InChI is InChI=1S/C24H26N8O2S/c1-14-10-21(31-30-14)19-5-2-6-20-22(19)23(25)29-24(28-20)27-15-11-16-7-8-17(12-15)32(16)35(33,34)18-4-3-9-26-13-18/h2-6,9-10,13,15-17H,7-8,11-12H2,1H3,(H,30,31)(H3,25,27,28,29). The number of nitrogens with one attached hydrogen (secondary N) is 2. The fourth-order valence-electron chi connectivity index (χ4n) is 5.49. The summed E-state index contributed by atoms with van der Waals surface area (Å²) in [4.78, 5) is 13.5. The largest absolute Gasteiger partial charge is 0.383 e. The smallest absolute Gasteiger partial charge is 0.245 e. The van der Waals surface area contributed by atoms with Gasteiger partial charge in [0.15, 0.2) is 0 Å². The highest BCUT2D eigenvalue weighted by molar-refractivity contribution is 7.89. The van der Waals surface area contributed by atoms with Crippen LogP contribution in [-0.2, 0) is 10.0 Å². The normalized spacial score (nSPS) is 22.5. The van der Waals surface area contributed by atoms with Gasteiger partial charge in [0.25, 0.3) is 0 Å². The zero-order valence-electron chi connectivity index (χ0n) is 19.2. The highest BCUT2D eigenvalue weighted by Gasteiger charge is 2.47. The van der Waals surface area contributed by atoms with E-state index in [9.17, 15) is 8.42 Å². The van der Waals surface area contributed by atoms with Crippen molar-refractivity contribution in [3.05, 3.63) is 54.5 Å². The maximum absolute atomic E-state index is 13.3. The molecule has 1 aromatic carbocycles. The molecule has 180 valence electrons. The molecule has 0 aliphatic carbocycles. The monoisotopic (exact) mass is 490 g/mol. The van der Waals surface area contributed by atoms with E-state index in [1.54, 1.807) is 22.6 Å². The third kappa shape index (κ3) is 3.80. The van der Waals surface area contributed by atoms with E-state index in [1.807, 2.05) is 31.2 Å². The average Bonchev–Trinajstić information content (AvgIpc) is 3.40. The first-order valence-electron chi connectivity index (χ1n) is 11.7. The molecule has 35 heavy (non-hydrogen) atoms. The van der Waals surface area contributed by atoms with E-state index in [2.05, 4.69) is 25.5 Å². The van der Waals surface area contributed by atoms with Crippen molar-refractivity contribution >= 4 is 32.7 Å². The molecule has 4 aromatic rings. The van der Waals surface area contributed by atoms with Crippen LogP contribution in [0.1, 0.15) is 31.4 Å².